The van der Waals surface area contributed by atoms with Gasteiger partial charge in [-0.25, -0.2) is 4.79 Å². The van der Waals surface area contributed by atoms with E-state index in [9.17, 15) is 4.79 Å². The lowest BCUT2D eigenvalue weighted by atomic mass is 10.1. The van der Waals surface area contributed by atoms with Gasteiger partial charge in [-0.3, -0.25) is 0 Å². The highest BCUT2D eigenvalue weighted by atomic mass is 16.5. The molecule has 2 aromatic heterocycles. The lowest BCUT2D eigenvalue weighted by molar-refractivity contribution is 0.0697. The number of carboxylic acids is 1. The minimum absolute atomic E-state index is 0.259. The van der Waals surface area contributed by atoms with E-state index in [4.69, 9.17) is 9.63 Å². The van der Waals surface area contributed by atoms with E-state index < -0.39 is 5.97 Å². The second-order valence-electron chi connectivity index (χ2n) is 3.89. The average molecular weight is 218 g/mol. The molecule has 0 saturated carbocycles. The molecule has 0 unspecified atom stereocenters. The summed E-state index contributed by atoms with van der Waals surface area (Å²) in [4.78, 5) is 14.1. The fourth-order valence-electron chi connectivity index (χ4n) is 2.19. The molecule has 2 N–H and O–H groups in total. The van der Waals surface area contributed by atoms with E-state index in [-0.39, 0.29) is 5.56 Å². The smallest absolute Gasteiger partial charge is 0.338 e. The van der Waals surface area contributed by atoms with Crippen LogP contribution in [0.2, 0.25) is 0 Å². The maximum absolute atomic E-state index is 11.1. The Kier molecular flexibility index (Phi) is 1.86. The zero-order valence-corrected chi connectivity index (χ0v) is 8.49. The maximum atomic E-state index is 11.1. The van der Waals surface area contributed by atoms with Crippen molar-refractivity contribution in [2.75, 3.05) is 0 Å². The molecule has 0 spiro atoms. The van der Waals surface area contributed by atoms with E-state index in [0.29, 0.717) is 11.3 Å². The predicted octanol–water partition coefficient (Wildman–Crippen LogP) is 1.86. The first-order chi connectivity index (χ1) is 7.77. The Labute approximate surface area is 91.1 Å². The van der Waals surface area contributed by atoms with E-state index in [2.05, 4.69) is 10.1 Å². The van der Waals surface area contributed by atoms with Gasteiger partial charge in [0.1, 0.15) is 0 Å². The number of aryl methyl sites for hydroxylation is 2. The minimum atomic E-state index is -0.943. The number of aromatic carboxylic acids is 1. The molecule has 2 aromatic rings. The molecule has 5 heteroatoms. The van der Waals surface area contributed by atoms with Crippen LogP contribution in [-0.2, 0) is 12.8 Å². The Balaban J connectivity index is 2.28. The van der Waals surface area contributed by atoms with Crippen LogP contribution in [-0.4, -0.2) is 21.2 Å². The molecule has 0 bridgehead atoms. The van der Waals surface area contributed by atoms with E-state index in [0.717, 1.165) is 30.5 Å². The normalized spacial score (nSPS) is 14.0. The van der Waals surface area contributed by atoms with Gasteiger partial charge in [0, 0.05) is 17.5 Å². The van der Waals surface area contributed by atoms with Crippen LogP contribution in [0.15, 0.2) is 16.9 Å². The topological polar surface area (TPSA) is 79.1 Å². The fourth-order valence-corrected chi connectivity index (χ4v) is 2.19. The first-order valence-corrected chi connectivity index (χ1v) is 5.15. The quantitative estimate of drug-likeness (QED) is 0.765. The standard InChI is InChI=1S/C11H10N2O3/c14-11(15)7-5-12-8-3-1-2-6-4-13-16-10(6)9(7)8/h4-5,12H,1-3H2,(H,14,15). The summed E-state index contributed by atoms with van der Waals surface area (Å²) in [5.74, 6) is -0.340. The molecule has 0 fully saturated rings. The summed E-state index contributed by atoms with van der Waals surface area (Å²) in [5.41, 5.74) is 2.83. The third-order valence-electron chi connectivity index (χ3n) is 2.94. The van der Waals surface area contributed by atoms with Gasteiger partial charge in [0.2, 0.25) is 0 Å². The highest BCUT2D eigenvalue weighted by Crippen LogP contribution is 2.34. The summed E-state index contributed by atoms with van der Waals surface area (Å²) in [6.45, 7) is 0. The summed E-state index contributed by atoms with van der Waals surface area (Å²) in [7, 11) is 0. The molecule has 1 aliphatic carbocycles. The van der Waals surface area contributed by atoms with Crippen molar-refractivity contribution in [3.05, 3.63) is 29.2 Å². The minimum Gasteiger partial charge on any atom is -0.478 e. The van der Waals surface area contributed by atoms with E-state index in [1.54, 1.807) is 6.20 Å². The number of aromatic nitrogens is 2. The molecule has 0 atom stereocenters. The molecule has 0 saturated heterocycles. The van der Waals surface area contributed by atoms with Crippen molar-refractivity contribution in [2.45, 2.75) is 19.3 Å². The van der Waals surface area contributed by atoms with Crippen molar-refractivity contribution >= 4 is 5.97 Å². The van der Waals surface area contributed by atoms with Crippen molar-refractivity contribution in [1.82, 2.24) is 10.1 Å². The van der Waals surface area contributed by atoms with Gasteiger partial charge in [-0.1, -0.05) is 5.16 Å². The second-order valence-corrected chi connectivity index (χ2v) is 3.89. The number of aromatic amines is 1. The summed E-state index contributed by atoms with van der Waals surface area (Å²) in [6.07, 6.45) is 5.88. The van der Waals surface area contributed by atoms with Crippen LogP contribution in [0.1, 0.15) is 28.0 Å². The molecule has 82 valence electrons. The summed E-state index contributed by atoms with van der Waals surface area (Å²) >= 11 is 0. The van der Waals surface area contributed by atoms with E-state index >= 15 is 0 Å². The zero-order valence-electron chi connectivity index (χ0n) is 8.49. The lowest BCUT2D eigenvalue weighted by Crippen LogP contribution is -1.96. The monoisotopic (exact) mass is 218 g/mol. The van der Waals surface area contributed by atoms with Gasteiger partial charge < -0.3 is 14.6 Å². The predicted molar refractivity (Wildman–Crippen MR) is 55.3 cm³/mol. The van der Waals surface area contributed by atoms with Gasteiger partial charge in [-0.15, -0.1) is 0 Å². The van der Waals surface area contributed by atoms with Crippen molar-refractivity contribution in [1.29, 1.82) is 0 Å². The summed E-state index contributed by atoms with van der Waals surface area (Å²) < 4.78 is 5.18. The summed E-state index contributed by atoms with van der Waals surface area (Å²) in [5, 5.41) is 12.8. The molecule has 5 nitrogen and oxygen atoms in total. The number of nitrogens with zero attached hydrogens (tertiary/aromatic N) is 1. The lowest BCUT2D eigenvalue weighted by Gasteiger charge is -1.98. The van der Waals surface area contributed by atoms with Crippen LogP contribution in [0.5, 0.6) is 0 Å². The van der Waals surface area contributed by atoms with Gasteiger partial charge in [0.05, 0.1) is 17.3 Å². The molecule has 1 aliphatic rings. The molecule has 0 radical (unpaired) electrons. The molecule has 16 heavy (non-hydrogen) atoms. The van der Waals surface area contributed by atoms with Crippen LogP contribution >= 0.6 is 0 Å². The summed E-state index contributed by atoms with van der Waals surface area (Å²) in [6, 6.07) is 0. The van der Waals surface area contributed by atoms with Crippen molar-refractivity contribution in [3.63, 3.8) is 0 Å². The largest absolute Gasteiger partial charge is 0.478 e. The number of carboxylic acid groups (broad SMARTS) is 1. The van der Waals surface area contributed by atoms with Gasteiger partial charge in [-0.2, -0.15) is 0 Å². The third-order valence-corrected chi connectivity index (χ3v) is 2.94. The van der Waals surface area contributed by atoms with Gasteiger partial charge in [0.15, 0.2) is 5.76 Å². The number of nitrogens with one attached hydrogen (secondary N) is 1. The molecule has 2 heterocycles. The Morgan fingerprint density at radius 2 is 2.38 bits per heavy atom. The van der Waals surface area contributed by atoms with Crippen LogP contribution in [0.4, 0.5) is 0 Å². The molecule has 0 aliphatic heterocycles. The van der Waals surface area contributed by atoms with Crippen LogP contribution in [0.25, 0.3) is 11.3 Å². The zero-order chi connectivity index (χ0) is 11.1. The second kappa shape index (κ2) is 3.23. The van der Waals surface area contributed by atoms with Crippen molar-refractivity contribution < 1.29 is 14.4 Å². The number of hydrogen-bond donors (Lipinski definition) is 2. The first-order valence-electron chi connectivity index (χ1n) is 5.15. The highest BCUT2D eigenvalue weighted by Gasteiger charge is 2.25. The first kappa shape index (κ1) is 9.21. The Bertz CT molecular complexity index is 553. The molecular formula is C11H10N2O3. The van der Waals surface area contributed by atoms with E-state index in [1.807, 2.05) is 0 Å². The van der Waals surface area contributed by atoms with Crippen molar-refractivity contribution in [3.8, 4) is 11.3 Å². The number of rotatable bonds is 1. The Morgan fingerprint density at radius 1 is 1.50 bits per heavy atom. The van der Waals surface area contributed by atoms with Gasteiger partial charge >= 0.3 is 5.97 Å². The number of H-pyrrole nitrogens is 1. The van der Waals surface area contributed by atoms with Crippen molar-refractivity contribution in [2.24, 2.45) is 0 Å². The average Bonchev–Trinajstić information content (AvgIpc) is 2.82. The third kappa shape index (κ3) is 1.18. The van der Waals surface area contributed by atoms with Crippen LogP contribution in [0, 0.1) is 0 Å². The maximum Gasteiger partial charge on any atom is 0.338 e. The highest BCUT2D eigenvalue weighted by molar-refractivity contribution is 5.96. The molecule has 3 rings (SSSR count). The SMILES string of the molecule is O=C(O)c1c[nH]c2c1-c1oncc1CCC2. The number of fused-ring (bicyclic) bond motifs is 3. The van der Waals surface area contributed by atoms with Gasteiger partial charge in [0.25, 0.3) is 0 Å². The molecule has 0 aromatic carbocycles. The van der Waals surface area contributed by atoms with Crippen LogP contribution in [0.3, 0.4) is 0 Å². The number of hydrogen-bond acceptors (Lipinski definition) is 3. The molecular weight excluding hydrogens is 208 g/mol. The van der Waals surface area contributed by atoms with Gasteiger partial charge in [-0.05, 0) is 19.3 Å². The Morgan fingerprint density at radius 3 is 3.19 bits per heavy atom. The van der Waals surface area contributed by atoms with Crippen LogP contribution < -0.4 is 0 Å². The molecule has 0 amide bonds. The van der Waals surface area contributed by atoms with E-state index in [1.165, 1.54) is 6.20 Å². The number of carbonyl (C=O) groups is 1. The Hall–Kier alpha value is -2.04. The fraction of sp³-hybridized carbons (Fsp3) is 0.273.